The van der Waals surface area contributed by atoms with E-state index in [1.165, 1.54) is 12.1 Å². The lowest BCUT2D eigenvalue weighted by Gasteiger charge is -2.15. The Balaban J connectivity index is 1.88. The molecular formula is C17H26N4O3S. The van der Waals surface area contributed by atoms with Crippen LogP contribution in [0.5, 0.6) is 0 Å². The first-order chi connectivity index (χ1) is 12.2. The van der Waals surface area contributed by atoms with E-state index in [-0.39, 0.29) is 11.8 Å². The van der Waals surface area contributed by atoms with Crippen molar-refractivity contribution in [1.29, 1.82) is 0 Å². The van der Waals surface area contributed by atoms with Gasteiger partial charge in [-0.3, -0.25) is 10.1 Å². The maximum Gasteiger partial charge on any atom is 0.269 e. The molecule has 0 bridgehead atoms. The zero-order valence-corrected chi connectivity index (χ0v) is 15.4. The molecule has 1 aliphatic rings. The highest BCUT2D eigenvalue weighted by molar-refractivity contribution is 7.98. The maximum atomic E-state index is 10.7. The lowest BCUT2D eigenvalue weighted by molar-refractivity contribution is -0.384. The van der Waals surface area contributed by atoms with E-state index in [0.29, 0.717) is 6.54 Å². The average molecular weight is 366 g/mol. The van der Waals surface area contributed by atoms with Gasteiger partial charge >= 0.3 is 0 Å². The fraction of sp³-hybridized carbons (Fsp3) is 0.588. The van der Waals surface area contributed by atoms with Crippen LogP contribution in [0.15, 0.2) is 29.3 Å². The van der Waals surface area contributed by atoms with Crippen LogP contribution >= 0.6 is 11.8 Å². The van der Waals surface area contributed by atoms with Crippen molar-refractivity contribution in [1.82, 2.24) is 10.6 Å². The number of ether oxygens (including phenoxy) is 1. The second-order valence-corrected chi connectivity index (χ2v) is 6.86. The Morgan fingerprint density at radius 3 is 2.84 bits per heavy atom. The standard InChI is InChI=1S/C17H26N4O3S/c1-25-11-3-9-18-17(20-13-16-4-2-10-24-16)19-12-14-5-7-15(8-6-14)21(22)23/h5-8,16H,2-4,9-13H2,1H3,(H2,18,19,20). The highest BCUT2D eigenvalue weighted by Crippen LogP contribution is 2.13. The van der Waals surface area contributed by atoms with Crippen LogP contribution in [0.1, 0.15) is 24.8 Å². The Morgan fingerprint density at radius 2 is 2.20 bits per heavy atom. The summed E-state index contributed by atoms with van der Waals surface area (Å²) in [5, 5.41) is 17.4. The van der Waals surface area contributed by atoms with E-state index < -0.39 is 4.92 Å². The third kappa shape index (κ3) is 7.31. The second-order valence-electron chi connectivity index (χ2n) is 5.88. The average Bonchev–Trinajstić information content (AvgIpc) is 3.14. The number of nitro benzene ring substituents is 1. The zero-order chi connectivity index (χ0) is 17.9. The van der Waals surface area contributed by atoms with Crippen LogP contribution in [0.3, 0.4) is 0 Å². The third-order valence-electron chi connectivity index (χ3n) is 3.91. The Morgan fingerprint density at radius 1 is 1.40 bits per heavy atom. The molecule has 2 rings (SSSR count). The van der Waals surface area contributed by atoms with Gasteiger partial charge in [0.2, 0.25) is 0 Å². The SMILES string of the molecule is CSCCCNC(=NCc1ccc([N+](=O)[O-])cc1)NCC1CCCO1. The molecule has 7 nitrogen and oxygen atoms in total. The van der Waals surface area contributed by atoms with E-state index in [0.717, 1.165) is 56.2 Å². The normalized spacial score (nSPS) is 17.5. The minimum atomic E-state index is -0.394. The van der Waals surface area contributed by atoms with Crippen molar-refractivity contribution < 1.29 is 9.66 Å². The number of nitro groups is 1. The van der Waals surface area contributed by atoms with Crippen molar-refractivity contribution in [2.45, 2.75) is 31.9 Å². The molecule has 1 aliphatic heterocycles. The molecule has 25 heavy (non-hydrogen) atoms. The van der Waals surface area contributed by atoms with Gasteiger partial charge < -0.3 is 15.4 Å². The Kier molecular flexibility index (Phi) is 8.54. The van der Waals surface area contributed by atoms with Gasteiger partial charge in [-0.25, -0.2) is 4.99 Å². The van der Waals surface area contributed by atoms with Gasteiger partial charge in [-0.2, -0.15) is 11.8 Å². The van der Waals surface area contributed by atoms with Crippen LogP contribution in [0.4, 0.5) is 5.69 Å². The maximum absolute atomic E-state index is 10.7. The summed E-state index contributed by atoms with van der Waals surface area (Å²) in [6, 6.07) is 6.51. The monoisotopic (exact) mass is 366 g/mol. The number of benzene rings is 1. The second kappa shape index (κ2) is 10.9. The summed E-state index contributed by atoms with van der Waals surface area (Å²) in [5.41, 5.74) is 1.03. The van der Waals surface area contributed by atoms with E-state index in [9.17, 15) is 10.1 Å². The molecule has 0 saturated carbocycles. The molecule has 1 unspecified atom stereocenters. The molecule has 1 heterocycles. The van der Waals surface area contributed by atoms with Crippen molar-refractivity contribution in [3.63, 3.8) is 0 Å². The molecule has 1 aromatic carbocycles. The molecule has 1 fully saturated rings. The summed E-state index contributed by atoms with van der Waals surface area (Å²) < 4.78 is 5.63. The van der Waals surface area contributed by atoms with Crippen LogP contribution in [-0.4, -0.2) is 48.7 Å². The summed E-state index contributed by atoms with van der Waals surface area (Å²) in [7, 11) is 0. The van der Waals surface area contributed by atoms with Gasteiger partial charge in [0.1, 0.15) is 0 Å². The minimum Gasteiger partial charge on any atom is -0.376 e. The molecule has 0 spiro atoms. The van der Waals surface area contributed by atoms with E-state index in [2.05, 4.69) is 21.9 Å². The lowest BCUT2D eigenvalue weighted by Crippen LogP contribution is -2.41. The Hall–Kier alpha value is -1.80. The molecule has 1 aromatic rings. The molecule has 1 saturated heterocycles. The van der Waals surface area contributed by atoms with Gasteiger partial charge in [-0.1, -0.05) is 12.1 Å². The van der Waals surface area contributed by atoms with Crippen molar-refractivity contribution in [2.75, 3.05) is 31.7 Å². The number of hydrogen-bond acceptors (Lipinski definition) is 5. The first-order valence-electron chi connectivity index (χ1n) is 8.55. The number of nitrogens with zero attached hydrogens (tertiary/aromatic N) is 2. The minimum absolute atomic E-state index is 0.0969. The summed E-state index contributed by atoms with van der Waals surface area (Å²) in [6.45, 7) is 2.91. The van der Waals surface area contributed by atoms with E-state index >= 15 is 0 Å². The van der Waals surface area contributed by atoms with Gasteiger partial charge in [0.25, 0.3) is 5.69 Å². The largest absolute Gasteiger partial charge is 0.376 e. The molecule has 2 N–H and O–H groups in total. The number of aliphatic imine (C=N–C) groups is 1. The van der Waals surface area contributed by atoms with Crippen LogP contribution in [0.25, 0.3) is 0 Å². The number of thioether (sulfide) groups is 1. The van der Waals surface area contributed by atoms with Crippen LogP contribution in [0.2, 0.25) is 0 Å². The van der Waals surface area contributed by atoms with E-state index in [1.807, 2.05) is 11.8 Å². The van der Waals surface area contributed by atoms with Crippen LogP contribution < -0.4 is 10.6 Å². The first-order valence-corrected chi connectivity index (χ1v) is 9.94. The summed E-state index contributed by atoms with van der Waals surface area (Å²) in [6.07, 6.45) is 5.61. The smallest absolute Gasteiger partial charge is 0.269 e. The number of nitrogens with one attached hydrogen (secondary N) is 2. The highest BCUT2D eigenvalue weighted by atomic mass is 32.2. The van der Waals surface area contributed by atoms with Crippen molar-refractivity contribution >= 4 is 23.4 Å². The van der Waals surface area contributed by atoms with Crippen LogP contribution in [0, 0.1) is 10.1 Å². The van der Waals surface area contributed by atoms with Crippen molar-refractivity contribution in [2.24, 2.45) is 4.99 Å². The quantitative estimate of drug-likeness (QED) is 0.230. The molecule has 1 atom stereocenters. The van der Waals surface area contributed by atoms with Gasteiger partial charge in [0, 0.05) is 31.8 Å². The molecule has 0 aliphatic carbocycles. The molecular weight excluding hydrogens is 340 g/mol. The predicted molar refractivity (Wildman–Crippen MR) is 102 cm³/mol. The highest BCUT2D eigenvalue weighted by Gasteiger charge is 2.15. The van der Waals surface area contributed by atoms with E-state index in [4.69, 9.17) is 4.74 Å². The van der Waals surface area contributed by atoms with Gasteiger partial charge in [-0.15, -0.1) is 0 Å². The predicted octanol–water partition coefficient (Wildman–Crippen LogP) is 2.56. The fourth-order valence-corrected chi connectivity index (χ4v) is 2.94. The van der Waals surface area contributed by atoms with Gasteiger partial charge in [0.15, 0.2) is 5.96 Å². The fourth-order valence-electron chi connectivity index (χ4n) is 2.51. The Labute approximate surface area is 152 Å². The van der Waals surface area contributed by atoms with Crippen molar-refractivity contribution in [3.8, 4) is 0 Å². The number of rotatable bonds is 9. The number of hydrogen-bond donors (Lipinski definition) is 2. The lowest BCUT2D eigenvalue weighted by atomic mass is 10.2. The molecule has 138 valence electrons. The molecule has 0 aromatic heterocycles. The Bertz CT molecular complexity index is 560. The zero-order valence-electron chi connectivity index (χ0n) is 14.6. The summed E-state index contributed by atoms with van der Waals surface area (Å²) >= 11 is 1.83. The molecule has 0 radical (unpaired) electrons. The molecule has 8 heteroatoms. The summed E-state index contributed by atoms with van der Waals surface area (Å²) in [5.74, 6) is 1.86. The third-order valence-corrected chi connectivity index (χ3v) is 4.60. The number of non-ortho nitro benzene ring substituents is 1. The van der Waals surface area contributed by atoms with Crippen LogP contribution in [-0.2, 0) is 11.3 Å². The first kappa shape index (κ1) is 19.5. The van der Waals surface area contributed by atoms with Crippen molar-refractivity contribution in [3.05, 3.63) is 39.9 Å². The number of guanidine groups is 1. The van der Waals surface area contributed by atoms with Gasteiger partial charge in [0.05, 0.1) is 17.6 Å². The molecule has 0 amide bonds. The topological polar surface area (TPSA) is 88.8 Å². The van der Waals surface area contributed by atoms with E-state index in [1.54, 1.807) is 12.1 Å². The van der Waals surface area contributed by atoms with Gasteiger partial charge in [-0.05, 0) is 36.8 Å². The summed E-state index contributed by atoms with van der Waals surface area (Å²) in [4.78, 5) is 14.9.